The first-order valence-corrected chi connectivity index (χ1v) is 9.11. The number of anilines is 3. The van der Waals surface area contributed by atoms with Crippen LogP contribution in [0.1, 0.15) is 13.8 Å². The quantitative estimate of drug-likeness (QED) is 0.818. The molecule has 1 heterocycles. The molecule has 0 saturated carbocycles. The molecule has 29 heavy (non-hydrogen) atoms. The summed E-state index contributed by atoms with van der Waals surface area (Å²) in [7, 11) is 4.73. The Morgan fingerprint density at radius 3 is 2.59 bits per heavy atom. The van der Waals surface area contributed by atoms with Crippen molar-refractivity contribution in [1.29, 1.82) is 0 Å². The fourth-order valence-corrected chi connectivity index (χ4v) is 3.13. The van der Waals surface area contributed by atoms with Crippen molar-refractivity contribution in [3.05, 3.63) is 36.4 Å². The van der Waals surface area contributed by atoms with Gasteiger partial charge >= 0.3 is 6.03 Å². The molecular formula is C21H25N3O5. The van der Waals surface area contributed by atoms with E-state index in [4.69, 9.17) is 14.2 Å². The van der Waals surface area contributed by atoms with Crippen molar-refractivity contribution in [2.75, 3.05) is 43.4 Å². The van der Waals surface area contributed by atoms with Crippen molar-refractivity contribution in [2.24, 2.45) is 5.41 Å². The van der Waals surface area contributed by atoms with E-state index in [1.54, 1.807) is 48.3 Å². The molecule has 0 unspecified atom stereocenters. The van der Waals surface area contributed by atoms with Crippen molar-refractivity contribution in [3.8, 4) is 17.2 Å². The molecule has 2 N–H and O–H groups in total. The molecule has 3 amide bonds. The van der Waals surface area contributed by atoms with Crippen LogP contribution in [0.4, 0.5) is 21.9 Å². The maximum atomic E-state index is 12.7. The molecule has 0 saturated heterocycles. The molecule has 0 spiro atoms. The first-order chi connectivity index (χ1) is 13.8. The maximum absolute atomic E-state index is 12.7. The lowest BCUT2D eigenvalue weighted by atomic mass is 9.93. The Labute approximate surface area is 169 Å². The molecule has 0 atom stereocenters. The molecule has 2 aromatic rings. The van der Waals surface area contributed by atoms with E-state index in [-0.39, 0.29) is 12.5 Å². The van der Waals surface area contributed by atoms with Gasteiger partial charge in [-0.1, -0.05) is 6.07 Å². The Morgan fingerprint density at radius 1 is 1.14 bits per heavy atom. The predicted molar refractivity (Wildman–Crippen MR) is 111 cm³/mol. The predicted octanol–water partition coefficient (Wildman–Crippen LogP) is 3.73. The van der Waals surface area contributed by atoms with Crippen LogP contribution in [0, 0.1) is 5.41 Å². The van der Waals surface area contributed by atoms with Crippen LogP contribution >= 0.6 is 0 Å². The van der Waals surface area contributed by atoms with Crippen LogP contribution in [-0.2, 0) is 4.79 Å². The number of hydrogen-bond acceptors (Lipinski definition) is 5. The number of amides is 3. The fraction of sp³-hybridized carbons (Fsp3) is 0.333. The largest absolute Gasteiger partial charge is 0.493 e. The van der Waals surface area contributed by atoms with Crippen molar-refractivity contribution >= 4 is 29.0 Å². The minimum atomic E-state index is -0.637. The van der Waals surface area contributed by atoms with Crippen molar-refractivity contribution in [3.63, 3.8) is 0 Å². The lowest BCUT2D eigenvalue weighted by Gasteiger charge is -2.24. The highest BCUT2D eigenvalue weighted by Gasteiger charge is 2.36. The normalized spacial score (nSPS) is 14.9. The number of fused-ring (bicyclic) bond motifs is 1. The average molecular weight is 399 g/mol. The standard InChI is InChI=1S/C21H25N3O5/c1-21(2)12-29-16-10-9-13(11-15(16)24(3)19(21)25)22-20(26)23-14-7-6-8-17(27-4)18(14)28-5/h6-11H,12H2,1-5H3,(H2,22,23,26). The number of benzene rings is 2. The SMILES string of the molecule is COc1cccc(NC(=O)Nc2ccc3c(c2)N(C)C(=O)C(C)(C)CO3)c1OC. The van der Waals surface area contributed by atoms with Gasteiger partial charge in [0.2, 0.25) is 5.91 Å². The summed E-state index contributed by atoms with van der Waals surface area (Å²) in [6.45, 7) is 3.96. The van der Waals surface area contributed by atoms with Gasteiger partial charge in [-0.3, -0.25) is 4.79 Å². The maximum Gasteiger partial charge on any atom is 0.323 e. The molecule has 0 aromatic heterocycles. The van der Waals surface area contributed by atoms with Crippen LogP contribution in [0.25, 0.3) is 0 Å². The summed E-state index contributed by atoms with van der Waals surface area (Å²) < 4.78 is 16.4. The zero-order valence-corrected chi connectivity index (χ0v) is 17.2. The van der Waals surface area contributed by atoms with Crippen LogP contribution in [0.3, 0.4) is 0 Å². The monoisotopic (exact) mass is 399 g/mol. The molecule has 3 rings (SSSR count). The van der Waals surface area contributed by atoms with Crippen LogP contribution in [0.15, 0.2) is 36.4 Å². The molecule has 0 bridgehead atoms. The molecule has 8 nitrogen and oxygen atoms in total. The highest BCUT2D eigenvalue weighted by molar-refractivity contribution is 6.03. The number of hydrogen-bond donors (Lipinski definition) is 2. The van der Waals surface area contributed by atoms with Gasteiger partial charge in [-0.2, -0.15) is 0 Å². The van der Waals surface area contributed by atoms with Crippen LogP contribution in [0.2, 0.25) is 0 Å². The topological polar surface area (TPSA) is 89.1 Å². The third kappa shape index (κ3) is 4.06. The van der Waals surface area contributed by atoms with Crippen molar-refractivity contribution in [1.82, 2.24) is 0 Å². The van der Waals surface area contributed by atoms with E-state index < -0.39 is 11.4 Å². The second kappa shape index (κ2) is 7.90. The first-order valence-electron chi connectivity index (χ1n) is 9.11. The van der Waals surface area contributed by atoms with Gasteiger partial charge < -0.3 is 29.7 Å². The molecule has 154 valence electrons. The average Bonchev–Trinajstić information content (AvgIpc) is 2.78. The van der Waals surface area contributed by atoms with E-state index in [1.165, 1.54) is 14.2 Å². The number of urea groups is 1. The minimum Gasteiger partial charge on any atom is -0.493 e. The summed E-state index contributed by atoms with van der Waals surface area (Å²) in [6.07, 6.45) is 0. The lowest BCUT2D eigenvalue weighted by molar-refractivity contribution is -0.127. The number of ether oxygens (including phenoxy) is 3. The van der Waals surface area contributed by atoms with E-state index in [0.29, 0.717) is 34.3 Å². The van der Waals surface area contributed by atoms with E-state index in [1.807, 2.05) is 13.8 Å². The third-order valence-corrected chi connectivity index (χ3v) is 4.70. The van der Waals surface area contributed by atoms with Crippen molar-refractivity contribution in [2.45, 2.75) is 13.8 Å². The van der Waals surface area contributed by atoms with Gasteiger partial charge in [0.15, 0.2) is 11.5 Å². The van der Waals surface area contributed by atoms with Crippen LogP contribution in [0.5, 0.6) is 17.2 Å². The van der Waals surface area contributed by atoms with E-state index >= 15 is 0 Å². The molecule has 8 heteroatoms. The van der Waals surface area contributed by atoms with Crippen molar-refractivity contribution < 1.29 is 23.8 Å². The van der Waals surface area contributed by atoms with Gasteiger partial charge in [0.1, 0.15) is 12.4 Å². The minimum absolute atomic E-state index is 0.0565. The molecule has 0 aliphatic carbocycles. The molecule has 0 fully saturated rings. The first kappa shape index (κ1) is 20.3. The molecule has 1 aliphatic heterocycles. The summed E-state index contributed by atoms with van der Waals surface area (Å²) in [4.78, 5) is 26.7. The van der Waals surface area contributed by atoms with Gasteiger partial charge in [-0.15, -0.1) is 0 Å². The number of methoxy groups -OCH3 is 2. The highest BCUT2D eigenvalue weighted by atomic mass is 16.5. The number of nitrogens with zero attached hydrogens (tertiary/aromatic N) is 1. The van der Waals surface area contributed by atoms with Gasteiger partial charge in [0, 0.05) is 12.7 Å². The summed E-state index contributed by atoms with van der Waals surface area (Å²) in [6, 6.07) is 9.90. The molecular weight excluding hydrogens is 374 g/mol. The van der Waals surface area contributed by atoms with Gasteiger partial charge in [-0.25, -0.2) is 4.79 Å². The second-order valence-electron chi connectivity index (χ2n) is 7.34. The Balaban J connectivity index is 1.80. The Morgan fingerprint density at radius 2 is 1.90 bits per heavy atom. The smallest absolute Gasteiger partial charge is 0.323 e. The molecule has 1 aliphatic rings. The van der Waals surface area contributed by atoms with E-state index in [2.05, 4.69) is 10.6 Å². The Bertz CT molecular complexity index is 942. The number of carbonyl (C=O) groups is 2. The van der Waals surface area contributed by atoms with Gasteiger partial charge in [0.05, 0.1) is 31.0 Å². The zero-order chi connectivity index (χ0) is 21.2. The molecule has 2 aromatic carbocycles. The van der Waals surface area contributed by atoms with Crippen LogP contribution < -0.4 is 29.7 Å². The number of nitrogens with one attached hydrogen (secondary N) is 2. The summed E-state index contributed by atoms with van der Waals surface area (Å²) in [5.74, 6) is 1.47. The second-order valence-corrected chi connectivity index (χ2v) is 7.34. The highest BCUT2D eigenvalue weighted by Crippen LogP contribution is 2.38. The third-order valence-electron chi connectivity index (χ3n) is 4.70. The fourth-order valence-electron chi connectivity index (χ4n) is 3.13. The number of rotatable bonds is 4. The van der Waals surface area contributed by atoms with Gasteiger partial charge in [0.25, 0.3) is 0 Å². The van der Waals surface area contributed by atoms with Gasteiger partial charge in [-0.05, 0) is 44.2 Å². The zero-order valence-electron chi connectivity index (χ0n) is 17.2. The Hall–Kier alpha value is -3.42. The lowest BCUT2D eigenvalue weighted by Crippen LogP contribution is -2.39. The Kier molecular flexibility index (Phi) is 5.54. The summed E-state index contributed by atoms with van der Waals surface area (Å²) in [5, 5.41) is 5.51. The number of carbonyl (C=O) groups excluding carboxylic acids is 2. The summed E-state index contributed by atoms with van der Waals surface area (Å²) >= 11 is 0. The van der Waals surface area contributed by atoms with E-state index in [0.717, 1.165) is 0 Å². The number of para-hydroxylation sites is 1. The van der Waals surface area contributed by atoms with Crippen LogP contribution in [-0.4, -0.2) is 39.8 Å². The summed E-state index contributed by atoms with van der Waals surface area (Å²) in [5.41, 5.74) is 0.946. The molecule has 0 radical (unpaired) electrons. The van der Waals surface area contributed by atoms with E-state index in [9.17, 15) is 9.59 Å².